The summed E-state index contributed by atoms with van der Waals surface area (Å²) in [6, 6.07) is 9.28. The number of hydrogen-bond donors (Lipinski definition) is 2. The van der Waals surface area contributed by atoms with E-state index in [-0.39, 0.29) is 28.6 Å². The summed E-state index contributed by atoms with van der Waals surface area (Å²) in [4.78, 5) is 2.17. The zero-order valence-corrected chi connectivity index (χ0v) is 25.1. The van der Waals surface area contributed by atoms with E-state index in [1.54, 1.807) is 0 Å². The Bertz CT molecular complexity index is 1240. The van der Waals surface area contributed by atoms with E-state index in [0.29, 0.717) is 43.8 Å². The third kappa shape index (κ3) is 3.47. The van der Waals surface area contributed by atoms with Crippen LogP contribution >= 0.6 is 0 Å². The van der Waals surface area contributed by atoms with E-state index >= 15 is 0 Å². The van der Waals surface area contributed by atoms with Gasteiger partial charge >= 0.3 is 0 Å². The molecule has 2 unspecified atom stereocenters. The van der Waals surface area contributed by atoms with Crippen LogP contribution in [0.2, 0.25) is 0 Å². The van der Waals surface area contributed by atoms with Crippen LogP contribution in [-0.2, 0) is 15.9 Å². The number of hydrogen-bond acceptors (Lipinski definition) is 6. The zero-order valence-electron chi connectivity index (χ0n) is 25.1. The van der Waals surface area contributed by atoms with Crippen molar-refractivity contribution in [2.24, 2.45) is 34.0 Å². The monoisotopic (exact) mass is 548 g/mol. The Morgan fingerprint density at radius 1 is 1.02 bits per heavy atom. The van der Waals surface area contributed by atoms with E-state index in [2.05, 4.69) is 64.0 Å². The van der Waals surface area contributed by atoms with E-state index in [9.17, 15) is 15.5 Å². The summed E-state index contributed by atoms with van der Waals surface area (Å²) in [5, 5.41) is 34.6. The molecule has 0 bridgehead atoms. The molecule has 5 aliphatic carbocycles. The molecule has 8 atom stereocenters. The Morgan fingerprint density at radius 3 is 2.48 bits per heavy atom. The number of anilines is 1. The van der Waals surface area contributed by atoms with Gasteiger partial charge in [0.1, 0.15) is 0 Å². The fourth-order valence-corrected chi connectivity index (χ4v) is 11.1. The third-order valence-electron chi connectivity index (χ3n) is 13.1. The Labute approximate surface area is 240 Å². The maximum absolute atomic E-state index is 12.9. The minimum atomic E-state index is -0.938. The summed E-state index contributed by atoms with van der Waals surface area (Å²) in [6.45, 7) is 7.98. The van der Waals surface area contributed by atoms with E-state index in [1.165, 1.54) is 16.8 Å². The van der Waals surface area contributed by atoms with Gasteiger partial charge in [0.05, 0.1) is 36.9 Å². The molecule has 4 saturated carbocycles. The number of aliphatic hydroxyl groups is 2. The minimum Gasteiger partial charge on any atom is -0.389 e. The average molecular weight is 549 g/mol. The number of ether oxygens (including phenoxy) is 2. The van der Waals surface area contributed by atoms with Gasteiger partial charge < -0.3 is 24.6 Å². The van der Waals surface area contributed by atoms with Crippen LogP contribution < -0.4 is 4.90 Å². The van der Waals surface area contributed by atoms with Crippen molar-refractivity contribution in [2.75, 3.05) is 32.2 Å². The van der Waals surface area contributed by atoms with Gasteiger partial charge in [-0.25, -0.2) is 0 Å². The molecule has 6 heteroatoms. The lowest BCUT2D eigenvalue weighted by molar-refractivity contribution is -0.358. The molecule has 1 aromatic carbocycles. The van der Waals surface area contributed by atoms with Crippen LogP contribution in [0.25, 0.3) is 0 Å². The molecule has 7 rings (SSSR count). The lowest BCUT2D eigenvalue weighted by Crippen LogP contribution is -2.71. The standard InChI is InChI=1S/C34H48N2O4/c1-29(2)20-39-34(40-21-29)13-12-31-17-22-16-23(36(4)5)6-7-24(22)26-18-30(3)27(9-11-32(30,37)14-15-35)25(28(26)31)8-10-33(31,38)19-34/h6-7,16,25-28,37-38H,8-14,17-21H2,1-5H3/t25-,26?,27-,28?,30-,31-,32+,33+/m0/s1. The van der Waals surface area contributed by atoms with Crippen LogP contribution in [0.4, 0.5) is 5.69 Å². The first-order valence-corrected chi connectivity index (χ1v) is 15.7. The number of fused-ring (bicyclic) bond motifs is 4. The Balaban J connectivity index is 1.35. The van der Waals surface area contributed by atoms with Gasteiger partial charge in [0, 0.05) is 48.9 Å². The van der Waals surface area contributed by atoms with Gasteiger partial charge in [-0.2, -0.15) is 5.26 Å². The number of nitriles is 1. The summed E-state index contributed by atoms with van der Waals surface area (Å²) in [5.41, 5.74) is 1.64. The molecule has 6 aliphatic rings. The molecule has 1 aliphatic heterocycles. The van der Waals surface area contributed by atoms with Crippen LogP contribution in [0, 0.1) is 45.3 Å². The van der Waals surface area contributed by atoms with Gasteiger partial charge in [-0.3, -0.25) is 0 Å². The first-order valence-electron chi connectivity index (χ1n) is 15.7. The minimum absolute atomic E-state index is 0.00532. The quantitative estimate of drug-likeness (QED) is 0.504. The lowest BCUT2D eigenvalue weighted by Gasteiger charge is -2.70. The molecule has 2 spiro atoms. The normalized spacial score (nSPS) is 46.0. The van der Waals surface area contributed by atoms with Gasteiger partial charge in [0.15, 0.2) is 5.79 Å². The fourth-order valence-electron chi connectivity index (χ4n) is 11.1. The largest absolute Gasteiger partial charge is 0.389 e. The molecule has 40 heavy (non-hydrogen) atoms. The highest BCUT2D eigenvalue weighted by atomic mass is 16.7. The van der Waals surface area contributed by atoms with Gasteiger partial charge in [0.25, 0.3) is 0 Å². The van der Waals surface area contributed by atoms with Gasteiger partial charge in [0.2, 0.25) is 0 Å². The molecule has 5 fully saturated rings. The summed E-state index contributed by atoms with van der Waals surface area (Å²) >= 11 is 0. The Hall–Kier alpha value is -1.65. The topological polar surface area (TPSA) is 86.0 Å². The van der Waals surface area contributed by atoms with Crippen molar-refractivity contribution in [3.05, 3.63) is 29.3 Å². The molecule has 2 N–H and O–H groups in total. The molecule has 0 radical (unpaired) electrons. The highest BCUT2D eigenvalue weighted by Gasteiger charge is 2.73. The number of rotatable bonds is 2. The lowest BCUT2D eigenvalue weighted by atomic mass is 9.36. The van der Waals surface area contributed by atoms with Crippen molar-refractivity contribution in [3.63, 3.8) is 0 Å². The SMILES string of the molecule is CN(C)c1ccc2c(c1)C[C@]13CCC4(C[C@]1(O)CC[C@@H]1C3C2C[C@@]2(C)[C@H]1CC[C@@]2(O)CC#N)OCC(C)(C)CO4. The van der Waals surface area contributed by atoms with Crippen molar-refractivity contribution >= 4 is 5.69 Å². The number of nitrogens with zero attached hydrogens (tertiary/aromatic N) is 2. The van der Waals surface area contributed by atoms with Crippen molar-refractivity contribution in [1.82, 2.24) is 0 Å². The summed E-state index contributed by atoms with van der Waals surface area (Å²) < 4.78 is 13.0. The highest BCUT2D eigenvalue weighted by Crippen LogP contribution is 2.75. The maximum Gasteiger partial charge on any atom is 0.171 e. The van der Waals surface area contributed by atoms with Crippen LogP contribution in [0.3, 0.4) is 0 Å². The van der Waals surface area contributed by atoms with E-state index in [4.69, 9.17) is 9.47 Å². The summed E-state index contributed by atoms with van der Waals surface area (Å²) in [6.07, 6.45) is 7.68. The van der Waals surface area contributed by atoms with E-state index < -0.39 is 17.0 Å². The van der Waals surface area contributed by atoms with E-state index in [1.807, 2.05) is 0 Å². The van der Waals surface area contributed by atoms with Crippen LogP contribution in [0.15, 0.2) is 18.2 Å². The Kier molecular flexibility index (Phi) is 5.76. The second-order valence-electron chi connectivity index (χ2n) is 15.9. The maximum atomic E-state index is 12.9. The fraction of sp³-hybridized carbons (Fsp3) is 0.794. The average Bonchev–Trinajstić information content (AvgIpc) is 3.16. The van der Waals surface area contributed by atoms with Gasteiger partial charge in [-0.05, 0) is 91.9 Å². The second-order valence-corrected chi connectivity index (χ2v) is 15.9. The third-order valence-corrected chi connectivity index (χ3v) is 13.1. The second kappa shape index (κ2) is 8.47. The van der Waals surface area contributed by atoms with Gasteiger partial charge in [-0.15, -0.1) is 0 Å². The molecule has 6 nitrogen and oxygen atoms in total. The van der Waals surface area contributed by atoms with Crippen LogP contribution in [-0.4, -0.2) is 54.5 Å². The van der Waals surface area contributed by atoms with Crippen LogP contribution in [0.5, 0.6) is 0 Å². The van der Waals surface area contributed by atoms with E-state index in [0.717, 1.165) is 44.9 Å². The van der Waals surface area contributed by atoms with Crippen molar-refractivity contribution in [3.8, 4) is 6.07 Å². The predicted molar refractivity (Wildman–Crippen MR) is 154 cm³/mol. The number of benzene rings is 1. The molecule has 218 valence electrons. The smallest absolute Gasteiger partial charge is 0.171 e. The van der Waals surface area contributed by atoms with Crippen LogP contribution in [0.1, 0.15) is 95.6 Å². The Morgan fingerprint density at radius 2 is 1.77 bits per heavy atom. The van der Waals surface area contributed by atoms with Crippen molar-refractivity contribution in [1.29, 1.82) is 5.26 Å². The predicted octanol–water partition coefficient (Wildman–Crippen LogP) is 5.55. The summed E-state index contributed by atoms with van der Waals surface area (Å²) in [5.74, 6) is 0.772. The van der Waals surface area contributed by atoms with Crippen molar-refractivity contribution in [2.45, 2.75) is 108 Å². The summed E-state index contributed by atoms with van der Waals surface area (Å²) in [7, 11) is 4.18. The molecular weight excluding hydrogens is 500 g/mol. The molecule has 1 saturated heterocycles. The molecular formula is C34H48N2O4. The molecule has 1 heterocycles. The molecule has 0 amide bonds. The van der Waals surface area contributed by atoms with Gasteiger partial charge in [-0.1, -0.05) is 26.8 Å². The highest BCUT2D eigenvalue weighted by molar-refractivity contribution is 5.53. The zero-order chi connectivity index (χ0) is 28.3. The molecule has 1 aromatic rings. The molecule has 0 aromatic heterocycles. The van der Waals surface area contributed by atoms with Crippen molar-refractivity contribution < 1.29 is 19.7 Å². The first kappa shape index (κ1) is 27.2. The first-order chi connectivity index (χ1) is 18.8.